The third-order valence-corrected chi connectivity index (χ3v) is 5.71. The first kappa shape index (κ1) is 17.6. The number of fused-ring (bicyclic) bond motifs is 1. The van der Waals surface area contributed by atoms with Crippen LogP contribution in [0.3, 0.4) is 0 Å². The van der Waals surface area contributed by atoms with Gasteiger partial charge in [0.25, 0.3) is 5.91 Å². The molecule has 2 amide bonds. The van der Waals surface area contributed by atoms with Gasteiger partial charge in [0.2, 0.25) is 5.91 Å². The fraction of sp³-hybridized carbons (Fsp3) is 0.364. The van der Waals surface area contributed by atoms with Gasteiger partial charge >= 0.3 is 0 Å². The molecule has 27 heavy (non-hydrogen) atoms. The minimum Gasteiger partial charge on any atom is -0.497 e. The average Bonchev–Trinajstić information content (AvgIpc) is 3.05. The smallest absolute Gasteiger partial charge is 0.252 e. The molecule has 4 rings (SSSR count). The Balaban J connectivity index is 1.45. The molecule has 0 radical (unpaired) electrons. The standard InChI is InChI=1S/C22H24N2O3/c1-27-18-7-4-5-16(13-18)14-20(25)24-12-11-22(15-24)10-9-17-6-2-3-8-19(17)21(26)23-22/h2-8,13H,9-12,14-15H2,1H3,(H,23,26)/t22-/m0/s1. The Morgan fingerprint density at radius 2 is 2.04 bits per heavy atom. The van der Waals surface area contributed by atoms with Crippen LogP contribution in [0.1, 0.15) is 34.3 Å². The number of amides is 2. The number of ether oxygens (including phenoxy) is 1. The maximum absolute atomic E-state index is 12.8. The number of nitrogens with zero attached hydrogens (tertiary/aromatic N) is 1. The topological polar surface area (TPSA) is 58.6 Å². The van der Waals surface area contributed by atoms with E-state index in [1.54, 1.807) is 7.11 Å². The number of benzene rings is 2. The van der Waals surface area contributed by atoms with Gasteiger partial charge in [-0.1, -0.05) is 30.3 Å². The number of rotatable bonds is 3. The molecule has 2 aromatic carbocycles. The van der Waals surface area contributed by atoms with Gasteiger partial charge in [0, 0.05) is 18.7 Å². The second kappa shape index (κ2) is 7.06. The number of carbonyl (C=O) groups is 2. The Labute approximate surface area is 159 Å². The van der Waals surface area contributed by atoms with E-state index in [9.17, 15) is 9.59 Å². The van der Waals surface area contributed by atoms with Crippen molar-refractivity contribution in [3.63, 3.8) is 0 Å². The Hall–Kier alpha value is -2.82. The minimum absolute atomic E-state index is 0.0230. The van der Waals surface area contributed by atoms with E-state index in [1.807, 2.05) is 53.4 Å². The third kappa shape index (κ3) is 3.54. The van der Waals surface area contributed by atoms with Crippen molar-refractivity contribution in [2.45, 2.75) is 31.2 Å². The molecule has 1 atom stereocenters. The maximum atomic E-state index is 12.8. The molecule has 2 aliphatic heterocycles. The molecule has 1 saturated heterocycles. The van der Waals surface area contributed by atoms with E-state index in [-0.39, 0.29) is 17.4 Å². The van der Waals surface area contributed by atoms with Crippen molar-refractivity contribution in [2.75, 3.05) is 20.2 Å². The SMILES string of the molecule is COc1cccc(CC(=O)N2CC[C@@]3(CCc4ccccc4C(=O)N3)C2)c1. The molecule has 2 aliphatic rings. The lowest BCUT2D eigenvalue weighted by atomic mass is 9.91. The van der Waals surface area contributed by atoms with Crippen LogP contribution in [-0.4, -0.2) is 42.5 Å². The van der Waals surface area contributed by atoms with Crippen LogP contribution in [0.15, 0.2) is 48.5 Å². The first-order valence-corrected chi connectivity index (χ1v) is 9.40. The molecule has 0 aromatic heterocycles. The molecule has 2 heterocycles. The van der Waals surface area contributed by atoms with E-state index >= 15 is 0 Å². The predicted molar refractivity (Wildman–Crippen MR) is 103 cm³/mol. The van der Waals surface area contributed by atoms with Gasteiger partial charge in [-0.05, 0) is 48.6 Å². The Bertz CT molecular complexity index is 879. The molecule has 0 bridgehead atoms. The summed E-state index contributed by atoms with van der Waals surface area (Å²) in [5.74, 6) is 0.827. The minimum atomic E-state index is -0.319. The summed E-state index contributed by atoms with van der Waals surface area (Å²) in [6, 6.07) is 15.4. The lowest BCUT2D eigenvalue weighted by Gasteiger charge is -2.29. The zero-order valence-corrected chi connectivity index (χ0v) is 15.5. The molecule has 0 saturated carbocycles. The van der Waals surface area contributed by atoms with Crippen LogP contribution in [-0.2, 0) is 17.6 Å². The molecule has 1 fully saturated rings. The Kier molecular flexibility index (Phi) is 4.60. The van der Waals surface area contributed by atoms with Gasteiger partial charge in [0.05, 0.1) is 19.1 Å². The molecule has 2 aromatic rings. The van der Waals surface area contributed by atoms with Crippen molar-refractivity contribution >= 4 is 11.8 Å². The quantitative estimate of drug-likeness (QED) is 0.911. The van der Waals surface area contributed by atoms with Crippen LogP contribution in [0.2, 0.25) is 0 Å². The van der Waals surface area contributed by atoms with E-state index in [1.165, 1.54) is 0 Å². The molecule has 1 N–H and O–H groups in total. The monoisotopic (exact) mass is 364 g/mol. The normalized spacial score (nSPS) is 21.5. The van der Waals surface area contributed by atoms with Crippen molar-refractivity contribution in [1.29, 1.82) is 0 Å². The summed E-state index contributed by atoms with van der Waals surface area (Å²) in [5.41, 5.74) is 2.47. The summed E-state index contributed by atoms with van der Waals surface area (Å²) in [6.07, 6.45) is 2.86. The first-order chi connectivity index (χ1) is 13.1. The van der Waals surface area contributed by atoms with E-state index < -0.39 is 0 Å². The van der Waals surface area contributed by atoms with Gasteiger partial charge in [-0.3, -0.25) is 9.59 Å². The summed E-state index contributed by atoms with van der Waals surface area (Å²) in [5, 5.41) is 3.22. The lowest BCUT2D eigenvalue weighted by Crippen LogP contribution is -2.50. The fourth-order valence-corrected chi connectivity index (χ4v) is 4.16. The second-order valence-electron chi connectivity index (χ2n) is 7.49. The summed E-state index contributed by atoms with van der Waals surface area (Å²) in [4.78, 5) is 27.4. The van der Waals surface area contributed by atoms with Crippen LogP contribution < -0.4 is 10.1 Å². The fourth-order valence-electron chi connectivity index (χ4n) is 4.16. The molecule has 0 unspecified atom stereocenters. The number of hydrogen-bond donors (Lipinski definition) is 1. The average molecular weight is 364 g/mol. The molecule has 140 valence electrons. The summed E-state index contributed by atoms with van der Waals surface area (Å²) in [7, 11) is 1.62. The van der Waals surface area contributed by atoms with Crippen LogP contribution in [0.4, 0.5) is 0 Å². The molecule has 0 aliphatic carbocycles. The predicted octanol–water partition coefficient (Wildman–Crippen LogP) is 2.59. The highest BCUT2D eigenvalue weighted by Gasteiger charge is 2.42. The largest absolute Gasteiger partial charge is 0.497 e. The van der Waals surface area contributed by atoms with Gasteiger partial charge in [-0.2, -0.15) is 0 Å². The number of aryl methyl sites for hydroxylation is 1. The second-order valence-corrected chi connectivity index (χ2v) is 7.49. The highest BCUT2D eigenvalue weighted by atomic mass is 16.5. The van der Waals surface area contributed by atoms with Gasteiger partial charge in [0.1, 0.15) is 5.75 Å². The highest BCUT2D eigenvalue weighted by molar-refractivity contribution is 5.96. The van der Waals surface area contributed by atoms with Crippen LogP contribution in [0, 0.1) is 0 Å². The Morgan fingerprint density at radius 1 is 1.19 bits per heavy atom. The van der Waals surface area contributed by atoms with E-state index in [4.69, 9.17) is 4.74 Å². The highest BCUT2D eigenvalue weighted by Crippen LogP contribution is 2.31. The van der Waals surface area contributed by atoms with Crippen molar-refractivity contribution in [2.24, 2.45) is 0 Å². The molecule has 5 nitrogen and oxygen atoms in total. The zero-order valence-electron chi connectivity index (χ0n) is 15.5. The first-order valence-electron chi connectivity index (χ1n) is 9.40. The third-order valence-electron chi connectivity index (χ3n) is 5.71. The molecular formula is C22H24N2O3. The van der Waals surface area contributed by atoms with E-state index in [0.717, 1.165) is 41.7 Å². The molecule has 1 spiro atoms. The van der Waals surface area contributed by atoms with Crippen LogP contribution in [0.25, 0.3) is 0 Å². The molecular weight excluding hydrogens is 340 g/mol. The zero-order chi connectivity index (χ0) is 18.9. The summed E-state index contributed by atoms with van der Waals surface area (Å²) in [6.45, 7) is 1.26. The van der Waals surface area contributed by atoms with Crippen molar-refractivity contribution in [1.82, 2.24) is 10.2 Å². The van der Waals surface area contributed by atoms with Crippen molar-refractivity contribution in [3.8, 4) is 5.75 Å². The van der Waals surface area contributed by atoms with Crippen molar-refractivity contribution in [3.05, 3.63) is 65.2 Å². The van der Waals surface area contributed by atoms with Gasteiger partial charge in [-0.15, -0.1) is 0 Å². The summed E-state index contributed by atoms with van der Waals surface area (Å²) >= 11 is 0. The van der Waals surface area contributed by atoms with Gasteiger partial charge in [-0.25, -0.2) is 0 Å². The number of carbonyl (C=O) groups excluding carboxylic acids is 2. The van der Waals surface area contributed by atoms with Crippen molar-refractivity contribution < 1.29 is 14.3 Å². The van der Waals surface area contributed by atoms with Crippen LogP contribution >= 0.6 is 0 Å². The van der Waals surface area contributed by atoms with Gasteiger partial charge in [0.15, 0.2) is 0 Å². The Morgan fingerprint density at radius 3 is 2.89 bits per heavy atom. The van der Waals surface area contributed by atoms with Gasteiger partial charge < -0.3 is 15.0 Å². The van der Waals surface area contributed by atoms with E-state index in [0.29, 0.717) is 19.5 Å². The number of nitrogens with one attached hydrogen (secondary N) is 1. The lowest BCUT2D eigenvalue weighted by molar-refractivity contribution is -0.129. The number of methoxy groups -OCH3 is 1. The summed E-state index contributed by atoms with van der Waals surface area (Å²) < 4.78 is 5.24. The van der Waals surface area contributed by atoms with E-state index in [2.05, 4.69) is 5.32 Å². The number of likely N-dealkylation sites (tertiary alicyclic amines) is 1. The number of hydrogen-bond acceptors (Lipinski definition) is 3. The maximum Gasteiger partial charge on any atom is 0.252 e. The van der Waals surface area contributed by atoms with Crippen LogP contribution in [0.5, 0.6) is 5.75 Å². The molecule has 5 heteroatoms.